The number of ketones is 1. The normalized spacial score (nSPS) is 19.9. The molecule has 0 radical (unpaired) electrons. The molecule has 0 saturated heterocycles. The van der Waals surface area contributed by atoms with Gasteiger partial charge >= 0.3 is 5.97 Å². The lowest BCUT2D eigenvalue weighted by atomic mass is 9.83. The molecule has 0 spiro atoms. The molecule has 5 nitrogen and oxygen atoms in total. The lowest BCUT2D eigenvalue weighted by molar-refractivity contribution is -0.141. The Morgan fingerprint density at radius 3 is 2.76 bits per heavy atom. The van der Waals surface area contributed by atoms with Crippen molar-refractivity contribution in [3.63, 3.8) is 0 Å². The Hall–Kier alpha value is -2.24. The van der Waals surface area contributed by atoms with E-state index in [1.54, 1.807) is 0 Å². The summed E-state index contributed by atoms with van der Waals surface area (Å²) in [6.07, 6.45) is 1.82. The van der Waals surface area contributed by atoms with Gasteiger partial charge in [-0.15, -0.1) is 0 Å². The van der Waals surface area contributed by atoms with Crippen LogP contribution in [0.4, 0.5) is 4.39 Å². The number of carboxylic acids is 1. The quantitative estimate of drug-likeness (QED) is 0.886. The van der Waals surface area contributed by atoms with Crippen molar-refractivity contribution in [3.8, 4) is 0 Å². The summed E-state index contributed by atoms with van der Waals surface area (Å²) in [6.45, 7) is 0. The molecule has 0 heterocycles. The fourth-order valence-electron chi connectivity index (χ4n) is 2.58. The molecular formula is C15H16FNO4. The average molecular weight is 293 g/mol. The number of Topliss-reactive ketones (excluding diaryl/α,β-unsaturated/α-hetero) is 1. The topological polar surface area (TPSA) is 83.5 Å². The Morgan fingerprint density at radius 1 is 1.38 bits per heavy atom. The first-order valence-corrected chi connectivity index (χ1v) is 6.78. The van der Waals surface area contributed by atoms with Gasteiger partial charge in [0.2, 0.25) is 0 Å². The second kappa shape index (κ2) is 6.47. The number of rotatable bonds is 4. The molecule has 1 saturated carbocycles. The van der Waals surface area contributed by atoms with Crippen LogP contribution in [-0.2, 0) is 9.59 Å². The molecule has 21 heavy (non-hydrogen) atoms. The van der Waals surface area contributed by atoms with Crippen molar-refractivity contribution in [2.45, 2.75) is 31.7 Å². The number of carboxylic acid groups (broad SMARTS) is 1. The van der Waals surface area contributed by atoms with Gasteiger partial charge in [0, 0.05) is 18.4 Å². The number of amides is 1. The van der Waals surface area contributed by atoms with E-state index in [0.717, 1.165) is 6.07 Å². The minimum absolute atomic E-state index is 0.0116. The molecule has 2 N–H and O–H groups in total. The van der Waals surface area contributed by atoms with E-state index in [0.29, 0.717) is 19.3 Å². The van der Waals surface area contributed by atoms with Crippen LogP contribution >= 0.6 is 0 Å². The fourth-order valence-corrected chi connectivity index (χ4v) is 2.58. The zero-order chi connectivity index (χ0) is 15.4. The smallest absolute Gasteiger partial charge is 0.326 e. The molecule has 6 heteroatoms. The van der Waals surface area contributed by atoms with Gasteiger partial charge in [-0.25, -0.2) is 9.18 Å². The number of nitrogens with one attached hydrogen (secondary N) is 1. The molecule has 2 atom stereocenters. The molecule has 1 aromatic rings. The zero-order valence-corrected chi connectivity index (χ0v) is 11.3. The third-order valence-electron chi connectivity index (χ3n) is 3.63. The maximum absolute atomic E-state index is 13.1. The molecule has 1 aliphatic carbocycles. The summed E-state index contributed by atoms with van der Waals surface area (Å²) in [6, 6.07) is 3.89. The van der Waals surface area contributed by atoms with Crippen molar-refractivity contribution in [2.75, 3.05) is 0 Å². The van der Waals surface area contributed by atoms with Crippen LogP contribution in [0.3, 0.4) is 0 Å². The van der Waals surface area contributed by atoms with Crippen LogP contribution in [0.5, 0.6) is 0 Å². The largest absolute Gasteiger partial charge is 0.480 e. The zero-order valence-electron chi connectivity index (χ0n) is 11.3. The summed E-state index contributed by atoms with van der Waals surface area (Å²) >= 11 is 0. The molecule has 1 amide bonds. The highest BCUT2D eigenvalue weighted by atomic mass is 19.1. The second-order valence-electron chi connectivity index (χ2n) is 5.19. The lowest BCUT2D eigenvalue weighted by Gasteiger charge is -2.27. The maximum Gasteiger partial charge on any atom is 0.326 e. The molecule has 0 unspecified atom stereocenters. The third kappa shape index (κ3) is 3.87. The molecule has 1 fully saturated rings. The minimum Gasteiger partial charge on any atom is -0.480 e. The predicted molar refractivity (Wildman–Crippen MR) is 72.3 cm³/mol. The van der Waals surface area contributed by atoms with E-state index in [1.165, 1.54) is 18.2 Å². The standard InChI is InChI=1S/C15H16FNO4/c16-11-5-1-4-10(7-11)14(19)17-13(15(20)21)9-3-2-6-12(18)8-9/h1,4-5,7,9,13H,2-3,6,8H2,(H,17,19)(H,20,21)/t9-,13-/m1/s1. The molecule has 1 aromatic carbocycles. The number of hydrogen-bond donors (Lipinski definition) is 2. The predicted octanol–water partition coefficient (Wildman–Crippen LogP) is 1.77. The van der Waals surface area contributed by atoms with Crippen molar-refractivity contribution < 1.29 is 23.9 Å². The van der Waals surface area contributed by atoms with Gasteiger partial charge in [0.1, 0.15) is 17.6 Å². The van der Waals surface area contributed by atoms with Gasteiger partial charge < -0.3 is 10.4 Å². The summed E-state index contributed by atoms with van der Waals surface area (Å²) in [5.74, 6) is -2.81. The summed E-state index contributed by atoms with van der Waals surface area (Å²) in [4.78, 5) is 34.8. The van der Waals surface area contributed by atoms with E-state index in [9.17, 15) is 23.9 Å². The van der Waals surface area contributed by atoms with Gasteiger partial charge in [0.05, 0.1) is 0 Å². The molecule has 0 bridgehead atoms. The number of hydrogen-bond acceptors (Lipinski definition) is 3. The first-order chi connectivity index (χ1) is 9.97. The number of benzene rings is 1. The second-order valence-corrected chi connectivity index (χ2v) is 5.19. The van der Waals surface area contributed by atoms with Crippen LogP contribution in [0.15, 0.2) is 24.3 Å². The van der Waals surface area contributed by atoms with Crippen LogP contribution in [0.2, 0.25) is 0 Å². The minimum atomic E-state index is -1.18. The van der Waals surface area contributed by atoms with Gasteiger partial charge in [-0.05, 0) is 37.0 Å². The Bertz CT molecular complexity index is 573. The van der Waals surface area contributed by atoms with Gasteiger partial charge in [0.15, 0.2) is 0 Å². The van der Waals surface area contributed by atoms with E-state index >= 15 is 0 Å². The summed E-state index contributed by atoms with van der Waals surface area (Å²) in [5, 5.41) is 11.7. The molecule has 0 aliphatic heterocycles. The Kier molecular flexibility index (Phi) is 4.67. The Labute approximate surface area is 121 Å². The molecule has 112 valence electrons. The first-order valence-electron chi connectivity index (χ1n) is 6.78. The van der Waals surface area contributed by atoms with Gasteiger partial charge in [-0.3, -0.25) is 9.59 Å². The van der Waals surface area contributed by atoms with Gasteiger partial charge in [0.25, 0.3) is 5.91 Å². The van der Waals surface area contributed by atoms with Crippen molar-refractivity contribution in [2.24, 2.45) is 5.92 Å². The van der Waals surface area contributed by atoms with Crippen LogP contribution < -0.4 is 5.32 Å². The highest BCUT2D eigenvalue weighted by Crippen LogP contribution is 2.24. The number of carbonyl (C=O) groups excluding carboxylic acids is 2. The van der Waals surface area contributed by atoms with Gasteiger partial charge in [-0.1, -0.05) is 6.07 Å². The molecule has 1 aliphatic rings. The van der Waals surface area contributed by atoms with Crippen LogP contribution in [0.25, 0.3) is 0 Å². The Morgan fingerprint density at radius 2 is 2.14 bits per heavy atom. The van der Waals surface area contributed by atoms with Crippen LogP contribution in [-0.4, -0.2) is 28.8 Å². The Balaban J connectivity index is 2.11. The SMILES string of the molecule is O=C1CCC[C@@H]([C@@H](NC(=O)c2cccc(F)c2)C(=O)O)C1. The van der Waals surface area contributed by atoms with Crippen molar-refractivity contribution in [1.82, 2.24) is 5.32 Å². The van der Waals surface area contributed by atoms with E-state index in [1.807, 2.05) is 0 Å². The van der Waals surface area contributed by atoms with Crippen molar-refractivity contribution in [1.29, 1.82) is 0 Å². The average Bonchev–Trinajstić information content (AvgIpc) is 2.44. The lowest BCUT2D eigenvalue weighted by Crippen LogP contribution is -2.47. The monoisotopic (exact) mass is 293 g/mol. The maximum atomic E-state index is 13.1. The third-order valence-corrected chi connectivity index (χ3v) is 3.63. The summed E-state index contributed by atoms with van der Waals surface area (Å²) in [5.41, 5.74) is 0.0587. The first kappa shape index (κ1) is 15.2. The van der Waals surface area contributed by atoms with Crippen LogP contribution in [0, 0.1) is 11.7 Å². The van der Waals surface area contributed by atoms with Crippen LogP contribution in [0.1, 0.15) is 36.0 Å². The van der Waals surface area contributed by atoms with E-state index in [-0.39, 0.29) is 17.8 Å². The van der Waals surface area contributed by atoms with E-state index < -0.39 is 29.7 Å². The number of carbonyl (C=O) groups is 3. The van der Waals surface area contributed by atoms with E-state index in [4.69, 9.17) is 0 Å². The molecule has 0 aromatic heterocycles. The molecule has 2 rings (SSSR count). The number of aliphatic carboxylic acids is 1. The molecular weight excluding hydrogens is 277 g/mol. The highest BCUT2D eigenvalue weighted by Gasteiger charge is 2.33. The number of halogens is 1. The summed E-state index contributed by atoms with van der Waals surface area (Å²) < 4.78 is 13.1. The van der Waals surface area contributed by atoms with Gasteiger partial charge in [-0.2, -0.15) is 0 Å². The fraction of sp³-hybridized carbons (Fsp3) is 0.400. The van der Waals surface area contributed by atoms with E-state index in [2.05, 4.69) is 5.32 Å². The highest BCUT2D eigenvalue weighted by molar-refractivity contribution is 5.96. The van der Waals surface area contributed by atoms with Crippen molar-refractivity contribution >= 4 is 17.7 Å². The van der Waals surface area contributed by atoms with Crippen molar-refractivity contribution in [3.05, 3.63) is 35.6 Å². The summed E-state index contributed by atoms with van der Waals surface area (Å²) in [7, 11) is 0.